The van der Waals surface area contributed by atoms with E-state index in [-0.39, 0.29) is 10.6 Å². The lowest BCUT2D eigenvalue weighted by Gasteiger charge is -2.27. The fourth-order valence-corrected chi connectivity index (χ4v) is 3.17. The van der Waals surface area contributed by atoms with Crippen molar-refractivity contribution in [3.63, 3.8) is 0 Å². The van der Waals surface area contributed by atoms with Gasteiger partial charge in [0.15, 0.2) is 5.69 Å². The number of aromatic nitrogens is 1. The molecule has 0 bridgehead atoms. The first-order chi connectivity index (χ1) is 9.63. The molecule has 8 heteroatoms. The normalized spacial score (nSPS) is 16.8. The van der Waals surface area contributed by atoms with Gasteiger partial charge in [0.05, 0.1) is 0 Å². The van der Waals surface area contributed by atoms with Crippen LogP contribution in [0.2, 0.25) is 0 Å². The van der Waals surface area contributed by atoms with Crippen molar-refractivity contribution < 1.29 is 8.42 Å². The molecular weight excluding hydrogens is 278 g/mol. The van der Waals surface area contributed by atoms with Crippen molar-refractivity contribution in [1.82, 2.24) is 19.9 Å². The van der Waals surface area contributed by atoms with E-state index in [9.17, 15) is 8.42 Å². The van der Waals surface area contributed by atoms with Gasteiger partial charge in [0.1, 0.15) is 11.0 Å². The third-order valence-electron chi connectivity index (χ3n) is 3.10. The molecule has 1 fully saturated rings. The van der Waals surface area contributed by atoms with Gasteiger partial charge in [-0.1, -0.05) is 0 Å². The van der Waals surface area contributed by atoms with Gasteiger partial charge in [-0.15, -0.1) is 0 Å². The van der Waals surface area contributed by atoms with Crippen LogP contribution in [0.4, 0.5) is 0 Å². The summed E-state index contributed by atoms with van der Waals surface area (Å²) in [6.07, 6.45) is 1.40. The molecule has 7 nitrogen and oxygen atoms in total. The molecule has 0 unspecified atom stereocenters. The Morgan fingerprint density at radius 2 is 2.20 bits per heavy atom. The molecule has 1 aliphatic heterocycles. The van der Waals surface area contributed by atoms with Crippen LogP contribution in [0.5, 0.6) is 0 Å². The SMILES string of the molecule is N#Cc1ncccc1S(=O)(=O)NCCN1CCNCC1. The molecule has 1 aliphatic rings. The lowest BCUT2D eigenvalue weighted by atomic mass is 10.3. The Hall–Kier alpha value is -1.53. The third kappa shape index (κ3) is 3.74. The molecule has 0 saturated carbocycles. The minimum absolute atomic E-state index is 0.0668. The number of hydrogen-bond acceptors (Lipinski definition) is 6. The van der Waals surface area contributed by atoms with E-state index in [1.165, 1.54) is 18.3 Å². The summed E-state index contributed by atoms with van der Waals surface area (Å²) in [5, 5.41) is 12.1. The highest BCUT2D eigenvalue weighted by Crippen LogP contribution is 2.11. The van der Waals surface area contributed by atoms with Crippen LogP contribution < -0.4 is 10.0 Å². The van der Waals surface area contributed by atoms with Gasteiger partial charge in [-0.25, -0.2) is 18.1 Å². The predicted octanol–water partition coefficient (Wildman–Crippen LogP) is -0.863. The highest BCUT2D eigenvalue weighted by atomic mass is 32.2. The van der Waals surface area contributed by atoms with Gasteiger partial charge in [-0.05, 0) is 12.1 Å². The summed E-state index contributed by atoms with van der Waals surface area (Å²) in [4.78, 5) is 5.88. The zero-order valence-corrected chi connectivity index (χ0v) is 11.9. The maximum Gasteiger partial charge on any atom is 0.243 e. The van der Waals surface area contributed by atoms with Gasteiger partial charge in [0.2, 0.25) is 10.0 Å². The molecule has 0 spiro atoms. The highest BCUT2D eigenvalue weighted by molar-refractivity contribution is 7.89. The van der Waals surface area contributed by atoms with Gasteiger partial charge in [-0.3, -0.25) is 4.90 Å². The molecule has 2 N–H and O–H groups in total. The van der Waals surface area contributed by atoms with Gasteiger partial charge in [0, 0.05) is 45.5 Å². The number of nitrogens with zero attached hydrogens (tertiary/aromatic N) is 3. The molecule has 2 heterocycles. The van der Waals surface area contributed by atoms with Crippen LogP contribution in [0.1, 0.15) is 5.69 Å². The Bertz CT molecular complexity index is 590. The van der Waals surface area contributed by atoms with Crippen LogP contribution >= 0.6 is 0 Å². The molecule has 1 saturated heterocycles. The van der Waals surface area contributed by atoms with Gasteiger partial charge in [0.25, 0.3) is 0 Å². The molecule has 0 atom stereocenters. The summed E-state index contributed by atoms with van der Waals surface area (Å²) in [6, 6.07) is 4.69. The van der Waals surface area contributed by atoms with Crippen LogP contribution in [-0.2, 0) is 10.0 Å². The molecule has 0 radical (unpaired) electrons. The average molecular weight is 295 g/mol. The van der Waals surface area contributed by atoms with E-state index >= 15 is 0 Å². The summed E-state index contributed by atoms with van der Waals surface area (Å²) >= 11 is 0. The van der Waals surface area contributed by atoms with Crippen LogP contribution in [0.3, 0.4) is 0 Å². The fraction of sp³-hybridized carbons (Fsp3) is 0.500. The number of nitrogens with one attached hydrogen (secondary N) is 2. The Kier molecular flexibility index (Phi) is 5.03. The second kappa shape index (κ2) is 6.76. The Morgan fingerprint density at radius 1 is 1.45 bits per heavy atom. The van der Waals surface area contributed by atoms with Crippen LogP contribution in [-0.4, -0.2) is 57.6 Å². The molecule has 2 rings (SSSR count). The summed E-state index contributed by atoms with van der Waals surface area (Å²) in [6.45, 7) is 4.66. The highest BCUT2D eigenvalue weighted by Gasteiger charge is 2.19. The minimum atomic E-state index is -3.68. The quantitative estimate of drug-likeness (QED) is 0.733. The average Bonchev–Trinajstić information content (AvgIpc) is 2.48. The number of rotatable bonds is 5. The molecule has 0 aliphatic carbocycles. The van der Waals surface area contributed by atoms with E-state index in [4.69, 9.17) is 5.26 Å². The van der Waals surface area contributed by atoms with Crippen molar-refractivity contribution in [2.45, 2.75) is 4.90 Å². The van der Waals surface area contributed by atoms with E-state index in [0.29, 0.717) is 13.1 Å². The molecule has 0 amide bonds. The molecule has 108 valence electrons. The van der Waals surface area contributed by atoms with E-state index in [1.54, 1.807) is 6.07 Å². The molecular formula is C12H17N5O2S. The second-order valence-corrected chi connectivity index (χ2v) is 6.19. The summed E-state index contributed by atoms with van der Waals surface area (Å²) in [7, 11) is -3.68. The Labute approximate surface area is 118 Å². The number of pyridine rings is 1. The van der Waals surface area contributed by atoms with Gasteiger partial charge in [-0.2, -0.15) is 5.26 Å². The van der Waals surface area contributed by atoms with Crippen molar-refractivity contribution in [3.05, 3.63) is 24.0 Å². The first kappa shape index (κ1) is 14.9. The molecule has 0 aromatic carbocycles. The summed E-state index contributed by atoms with van der Waals surface area (Å²) < 4.78 is 26.8. The molecule has 20 heavy (non-hydrogen) atoms. The van der Waals surface area contributed by atoms with E-state index in [1.807, 2.05) is 0 Å². The lowest BCUT2D eigenvalue weighted by molar-refractivity contribution is 0.245. The van der Waals surface area contributed by atoms with Crippen LogP contribution in [0.15, 0.2) is 23.2 Å². The maximum absolute atomic E-state index is 12.1. The predicted molar refractivity (Wildman–Crippen MR) is 73.5 cm³/mol. The first-order valence-corrected chi connectivity index (χ1v) is 7.89. The van der Waals surface area contributed by atoms with Crippen molar-refractivity contribution in [3.8, 4) is 6.07 Å². The van der Waals surface area contributed by atoms with Crippen LogP contribution in [0, 0.1) is 11.3 Å². The fourth-order valence-electron chi connectivity index (χ4n) is 2.04. The summed E-state index contributed by atoms with van der Waals surface area (Å²) in [5.74, 6) is 0. The van der Waals surface area contributed by atoms with E-state index in [0.717, 1.165) is 26.2 Å². The van der Waals surface area contributed by atoms with Crippen molar-refractivity contribution in [2.24, 2.45) is 0 Å². The zero-order valence-electron chi connectivity index (χ0n) is 11.0. The summed E-state index contributed by atoms with van der Waals surface area (Å²) in [5.41, 5.74) is -0.0813. The van der Waals surface area contributed by atoms with Crippen LogP contribution in [0.25, 0.3) is 0 Å². The third-order valence-corrected chi connectivity index (χ3v) is 4.59. The smallest absolute Gasteiger partial charge is 0.243 e. The number of piperazine rings is 1. The topological polar surface area (TPSA) is 98.1 Å². The van der Waals surface area contributed by atoms with Gasteiger partial charge < -0.3 is 5.32 Å². The maximum atomic E-state index is 12.1. The number of nitriles is 1. The van der Waals surface area contributed by atoms with Crippen molar-refractivity contribution in [2.75, 3.05) is 39.3 Å². The largest absolute Gasteiger partial charge is 0.314 e. The minimum Gasteiger partial charge on any atom is -0.314 e. The van der Waals surface area contributed by atoms with E-state index < -0.39 is 10.0 Å². The second-order valence-electron chi connectivity index (χ2n) is 4.45. The van der Waals surface area contributed by atoms with Crippen molar-refractivity contribution >= 4 is 10.0 Å². The zero-order chi connectivity index (χ0) is 14.4. The standard InChI is InChI=1S/C12H17N5O2S/c13-10-11-12(2-1-3-15-11)20(18,19)16-6-9-17-7-4-14-5-8-17/h1-3,14,16H,4-9H2. The number of sulfonamides is 1. The molecule has 1 aromatic rings. The Balaban J connectivity index is 1.95. The van der Waals surface area contributed by atoms with Gasteiger partial charge >= 0.3 is 0 Å². The monoisotopic (exact) mass is 295 g/mol. The van der Waals surface area contributed by atoms with Crippen molar-refractivity contribution in [1.29, 1.82) is 5.26 Å². The first-order valence-electron chi connectivity index (χ1n) is 6.41. The van der Waals surface area contributed by atoms with E-state index in [2.05, 4.69) is 19.9 Å². The lowest BCUT2D eigenvalue weighted by Crippen LogP contribution is -2.46. The molecule has 1 aromatic heterocycles. The Morgan fingerprint density at radius 3 is 2.90 bits per heavy atom. The number of hydrogen-bond donors (Lipinski definition) is 2.